The van der Waals surface area contributed by atoms with Gasteiger partial charge in [0.2, 0.25) is 0 Å². The SMILES string of the molecule is FC1COCCC12CNC2. The van der Waals surface area contributed by atoms with Gasteiger partial charge in [-0.05, 0) is 6.42 Å². The standard InChI is InChI=1S/C7H12FNO/c8-6-3-10-2-1-7(6)4-9-5-7/h6,9H,1-5H2. The van der Waals surface area contributed by atoms with Gasteiger partial charge in [0.15, 0.2) is 0 Å². The Morgan fingerprint density at radius 2 is 2.30 bits per heavy atom. The molecule has 2 nitrogen and oxygen atoms in total. The van der Waals surface area contributed by atoms with E-state index in [9.17, 15) is 4.39 Å². The molecule has 2 heterocycles. The minimum absolute atomic E-state index is 0.0434. The lowest BCUT2D eigenvalue weighted by atomic mass is 9.74. The second-order valence-corrected chi connectivity index (χ2v) is 3.26. The Hall–Kier alpha value is -0.150. The fraction of sp³-hybridized carbons (Fsp3) is 1.00. The minimum atomic E-state index is -0.734. The summed E-state index contributed by atoms with van der Waals surface area (Å²) in [5, 5.41) is 3.11. The molecule has 0 aromatic heterocycles. The highest BCUT2D eigenvalue weighted by atomic mass is 19.1. The van der Waals surface area contributed by atoms with E-state index in [-0.39, 0.29) is 5.41 Å². The molecule has 1 atom stereocenters. The van der Waals surface area contributed by atoms with Crippen molar-refractivity contribution in [3.63, 3.8) is 0 Å². The smallest absolute Gasteiger partial charge is 0.131 e. The maximum absolute atomic E-state index is 13.1. The largest absolute Gasteiger partial charge is 0.378 e. The van der Waals surface area contributed by atoms with Crippen molar-refractivity contribution < 1.29 is 9.13 Å². The first-order valence-corrected chi connectivity index (χ1v) is 3.76. The molecule has 2 saturated heterocycles. The lowest BCUT2D eigenvalue weighted by Gasteiger charge is -2.47. The molecule has 0 amide bonds. The Balaban J connectivity index is 2.03. The molecule has 2 rings (SSSR count). The van der Waals surface area contributed by atoms with Gasteiger partial charge in [-0.15, -0.1) is 0 Å². The van der Waals surface area contributed by atoms with Gasteiger partial charge in [0.1, 0.15) is 6.17 Å². The van der Waals surface area contributed by atoms with Gasteiger partial charge in [-0.2, -0.15) is 0 Å². The van der Waals surface area contributed by atoms with Gasteiger partial charge in [-0.3, -0.25) is 0 Å². The summed E-state index contributed by atoms with van der Waals surface area (Å²) >= 11 is 0. The van der Waals surface area contributed by atoms with Gasteiger partial charge in [0.25, 0.3) is 0 Å². The Morgan fingerprint density at radius 3 is 2.70 bits per heavy atom. The molecule has 1 N–H and O–H groups in total. The lowest BCUT2D eigenvalue weighted by molar-refractivity contribution is -0.0819. The van der Waals surface area contributed by atoms with E-state index >= 15 is 0 Å². The minimum Gasteiger partial charge on any atom is -0.378 e. The molecule has 0 aromatic rings. The third-order valence-corrected chi connectivity index (χ3v) is 2.63. The first kappa shape index (κ1) is 6.55. The zero-order valence-corrected chi connectivity index (χ0v) is 5.90. The van der Waals surface area contributed by atoms with Crippen LogP contribution in [-0.4, -0.2) is 32.5 Å². The van der Waals surface area contributed by atoms with Crippen LogP contribution in [0.3, 0.4) is 0 Å². The molecule has 1 spiro atoms. The van der Waals surface area contributed by atoms with E-state index in [1.54, 1.807) is 0 Å². The van der Waals surface area contributed by atoms with Crippen LogP contribution < -0.4 is 5.32 Å². The number of hydrogen-bond acceptors (Lipinski definition) is 2. The van der Waals surface area contributed by atoms with Crippen molar-refractivity contribution in [3.05, 3.63) is 0 Å². The van der Waals surface area contributed by atoms with Crippen LogP contribution in [0, 0.1) is 5.41 Å². The average Bonchev–Trinajstić information content (AvgIpc) is 1.85. The predicted octanol–water partition coefficient (Wildman–Crippen LogP) is 0.334. The molecular weight excluding hydrogens is 133 g/mol. The molecule has 2 aliphatic rings. The molecular formula is C7H12FNO. The van der Waals surface area contributed by atoms with Gasteiger partial charge in [-0.25, -0.2) is 4.39 Å². The van der Waals surface area contributed by atoms with E-state index in [0.717, 1.165) is 26.1 Å². The Labute approximate surface area is 59.7 Å². The van der Waals surface area contributed by atoms with Crippen molar-refractivity contribution in [2.24, 2.45) is 5.41 Å². The number of nitrogens with one attached hydrogen (secondary N) is 1. The van der Waals surface area contributed by atoms with Gasteiger partial charge in [0.05, 0.1) is 6.61 Å². The molecule has 0 aromatic carbocycles. The van der Waals surface area contributed by atoms with Crippen molar-refractivity contribution in [1.82, 2.24) is 5.32 Å². The molecule has 0 radical (unpaired) electrons. The molecule has 3 heteroatoms. The first-order valence-electron chi connectivity index (χ1n) is 3.76. The Kier molecular flexibility index (Phi) is 1.42. The van der Waals surface area contributed by atoms with Crippen LogP contribution in [0.2, 0.25) is 0 Å². The summed E-state index contributed by atoms with van der Waals surface area (Å²) in [6.45, 7) is 2.73. The molecule has 0 aliphatic carbocycles. The van der Waals surface area contributed by atoms with Crippen molar-refractivity contribution >= 4 is 0 Å². The summed E-state index contributed by atoms with van der Waals surface area (Å²) in [5.41, 5.74) is -0.0434. The summed E-state index contributed by atoms with van der Waals surface area (Å²) in [4.78, 5) is 0. The summed E-state index contributed by atoms with van der Waals surface area (Å²) in [6, 6.07) is 0. The molecule has 10 heavy (non-hydrogen) atoms. The van der Waals surface area contributed by atoms with Crippen LogP contribution in [0.4, 0.5) is 4.39 Å². The number of rotatable bonds is 0. The highest BCUT2D eigenvalue weighted by Gasteiger charge is 2.46. The molecule has 0 saturated carbocycles. The highest BCUT2D eigenvalue weighted by molar-refractivity contribution is 4.99. The fourth-order valence-electron chi connectivity index (χ4n) is 1.64. The lowest BCUT2D eigenvalue weighted by Crippen LogP contribution is -2.61. The van der Waals surface area contributed by atoms with E-state index in [4.69, 9.17) is 4.74 Å². The van der Waals surface area contributed by atoms with Crippen LogP contribution in [0.1, 0.15) is 6.42 Å². The highest BCUT2D eigenvalue weighted by Crippen LogP contribution is 2.36. The topological polar surface area (TPSA) is 21.3 Å². The Morgan fingerprint density at radius 1 is 1.50 bits per heavy atom. The first-order chi connectivity index (χ1) is 4.83. The van der Waals surface area contributed by atoms with E-state index < -0.39 is 6.17 Å². The summed E-state index contributed by atoms with van der Waals surface area (Å²) in [5.74, 6) is 0. The number of hydrogen-bond donors (Lipinski definition) is 1. The third-order valence-electron chi connectivity index (χ3n) is 2.63. The zero-order valence-electron chi connectivity index (χ0n) is 5.90. The fourth-order valence-corrected chi connectivity index (χ4v) is 1.64. The molecule has 2 aliphatic heterocycles. The average molecular weight is 145 g/mol. The zero-order chi connectivity index (χ0) is 7.03. The van der Waals surface area contributed by atoms with E-state index in [2.05, 4.69) is 5.32 Å². The van der Waals surface area contributed by atoms with Crippen molar-refractivity contribution in [3.8, 4) is 0 Å². The maximum atomic E-state index is 13.1. The number of alkyl halides is 1. The van der Waals surface area contributed by atoms with E-state index in [1.807, 2.05) is 0 Å². The number of halogens is 1. The maximum Gasteiger partial charge on any atom is 0.131 e. The number of ether oxygens (including phenoxy) is 1. The van der Waals surface area contributed by atoms with Gasteiger partial charge >= 0.3 is 0 Å². The normalized spacial score (nSPS) is 37.5. The molecule has 1 unspecified atom stereocenters. The summed E-state index contributed by atoms with van der Waals surface area (Å²) < 4.78 is 18.1. The van der Waals surface area contributed by atoms with Crippen LogP contribution in [-0.2, 0) is 4.74 Å². The Bertz CT molecular complexity index is 136. The van der Waals surface area contributed by atoms with Crippen LogP contribution in [0.15, 0.2) is 0 Å². The quantitative estimate of drug-likeness (QED) is 0.530. The molecule has 0 bridgehead atoms. The van der Waals surface area contributed by atoms with Gasteiger partial charge in [-0.1, -0.05) is 0 Å². The predicted molar refractivity (Wildman–Crippen MR) is 35.6 cm³/mol. The van der Waals surface area contributed by atoms with Crippen molar-refractivity contribution in [1.29, 1.82) is 0 Å². The van der Waals surface area contributed by atoms with Crippen LogP contribution in [0.25, 0.3) is 0 Å². The second-order valence-electron chi connectivity index (χ2n) is 3.26. The summed E-state index contributed by atoms with van der Waals surface area (Å²) in [6.07, 6.45) is 0.156. The molecule has 2 fully saturated rings. The van der Waals surface area contributed by atoms with Crippen LogP contribution in [0.5, 0.6) is 0 Å². The van der Waals surface area contributed by atoms with Crippen molar-refractivity contribution in [2.75, 3.05) is 26.3 Å². The summed E-state index contributed by atoms with van der Waals surface area (Å²) in [7, 11) is 0. The van der Waals surface area contributed by atoms with Crippen LogP contribution >= 0.6 is 0 Å². The second kappa shape index (κ2) is 2.17. The van der Waals surface area contributed by atoms with Gasteiger partial charge < -0.3 is 10.1 Å². The monoisotopic (exact) mass is 145 g/mol. The third kappa shape index (κ3) is 0.772. The molecule has 58 valence electrons. The van der Waals surface area contributed by atoms with Crippen molar-refractivity contribution in [2.45, 2.75) is 12.6 Å². The van der Waals surface area contributed by atoms with Gasteiger partial charge in [0, 0.05) is 25.1 Å². The van der Waals surface area contributed by atoms with E-state index in [1.165, 1.54) is 0 Å². The van der Waals surface area contributed by atoms with E-state index in [0.29, 0.717) is 6.61 Å².